The molecule has 7 nitrogen and oxygen atoms in total. The molecular weight excluding hydrogens is 240 g/mol. The Morgan fingerprint density at radius 2 is 2.33 bits per heavy atom. The monoisotopic (exact) mass is 258 g/mol. The first kappa shape index (κ1) is 14.5. The van der Waals surface area contributed by atoms with Gasteiger partial charge in [-0.2, -0.15) is 4.98 Å². The van der Waals surface area contributed by atoms with Gasteiger partial charge < -0.3 is 23.9 Å². The highest BCUT2D eigenvalue weighted by Crippen LogP contribution is 2.12. The minimum Gasteiger partial charge on any atom is -0.461 e. The third-order valence-corrected chi connectivity index (χ3v) is 2.11. The lowest BCUT2D eigenvalue weighted by molar-refractivity contribution is 0.0519. The average molecular weight is 258 g/mol. The number of anilines is 1. The number of aliphatic hydroxyl groups is 1. The van der Waals surface area contributed by atoms with Gasteiger partial charge in [0.05, 0.1) is 26.4 Å². The van der Waals surface area contributed by atoms with Crippen LogP contribution in [0.1, 0.15) is 17.4 Å². The van der Waals surface area contributed by atoms with Crippen molar-refractivity contribution in [2.24, 2.45) is 0 Å². The molecule has 102 valence electrons. The van der Waals surface area contributed by atoms with Gasteiger partial charge in [-0.1, -0.05) is 0 Å². The molecule has 0 aliphatic heterocycles. The van der Waals surface area contributed by atoms with Gasteiger partial charge in [-0.25, -0.2) is 4.79 Å². The number of hydrogen-bond donors (Lipinski definition) is 1. The number of esters is 1. The molecule has 0 bridgehead atoms. The van der Waals surface area contributed by atoms with Crippen LogP contribution < -0.4 is 4.90 Å². The lowest BCUT2D eigenvalue weighted by atomic mass is 10.5. The molecular formula is C11H18N2O5. The summed E-state index contributed by atoms with van der Waals surface area (Å²) in [6.07, 6.45) is 1.26. The SMILES string of the molecule is CCOC(=O)c1coc(N(C)CCOCCO)n1. The lowest BCUT2D eigenvalue weighted by Crippen LogP contribution is -2.23. The second kappa shape index (κ2) is 7.67. The fourth-order valence-electron chi connectivity index (χ4n) is 1.20. The number of carbonyl (C=O) groups excluding carboxylic acids is 1. The van der Waals surface area contributed by atoms with Crippen LogP contribution in [0.25, 0.3) is 0 Å². The number of likely N-dealkylation sites (N-methyl/N-ethyl adjacent to an activating group) is 1. The number of ether oxygens (including phenoxy) is 2. The maximum Gasteiger partial charge on any atom is 0.360 e. The van der Waals surface area contributed by atoms with Crippen molar-refractivity contribution in [1.82, 2.24) is 4.98 Å². The first-order chi connectivity index (χ1) is 8.69. The second-order valence-electron chi connectivity index (χ2n) is 3.49. The summed E-state index contributed by atoms with van der Waals surface area (Å²) < 4.78 is 15.1. The average Bonchev–Trinajstić information content (AvgIpc) is 2.84. The van der Waals surface area contributed by atoms with E-state index < -0.39 is 5.97 Å². The van der Waals surface area contributed by atoms with Crippen molar-refractivity contribution in [3.8, 4) is 0 Å². The normalized spacial score (nSPS) is 10.4. The molecule has 18 heavy (non-hydrogen) atoms. The fraction of sp³-hybridized carbons (Fsp3) is 0.636. The second-order valence-corrected chi connectivity index (χ2v) is 3.49. The summed E-state index contributed by atoms with van der Waals surface area (Å²) in [7, 11) is 1.77. The summed E-state index contributed by atoms with van der Waals surface area (Å²) in [6, 6.07) is 0.325. The molecule has 0 unspecified atom stereocenters. The number of aliphatic hydroxyl groups excluding tert-OH is 1. The molecule has 0 saturated heterocycles. The summed E-state index contributed by atoms with van der Waals surface area (Å²) >= 11 is 0. The number of hydrogen-bond acceptors (Lipinski definition) is 7. The van der Waals surface area contributed by atoms with Crippen LogP contribution >= 0.6 is 0 Å². The molecule has 1 rings (SSSR count). The Labute approximate surface area is 105 Å². The Hall–Kier alpha value is -1.60. The Morgan fingerprint density at radius 1 is 1.56 bits per heavy atom. The first-order valence-corrected chi connectivity index (χ1v) is 5.71. The van der Waals surface area contributed by atoms with E-state index in [9.17, 15) is 4.79 Å². The highest BCUT2D eigenvalue weighted by molar-refractivity contribution is 5.87. The van der Waals surface area contributed by atoms with Gasteiger partial charge in [0, 0.05) is 13.6 Å². The fourth-order valence-corrected chi connectivity index (χ4v) is 1.20. The van der Waals surface area contributed by atoms with Crippen LogP contribution in [0, 0.1) is 0 Å². The van der Waals surface area contributed by atoms with Crippen LogP contribution in [0.5, 0.6) is 0 Å². The van der Waals surface area contributed by atoms with Crippen LogP contribution in [0.15, 0.2) is 10.7 Å². The van der Waals surface area contributed by atoms with Crippen LogP contribution in [-0.2, 0) is 9.47 Å². The van der Waals surface area contributed by atoms with E-state index in [0.29, 0.717) is 32.4 Å². The molecule has 1 aromatic rings. The summed E-state index contributed by atoms with van der Waals surface area (Å²) in [4.78, 5) is 17.1. The Morgan fingerprint density at radius 3 is 3.00 bits per heavy atom. The molecule has 7 heteroatoms. The standard InChI is InChI=1S/C11H18N2O5/c1-3-17-10(15)9-8-18-11(12-9)13(2)4-6-16-7-5-14/h8,14H,3-7H2,1-2H3. The lowest BCUT2D eigenvalue weighted by Gasteiger charge is -2.13. The van der Waals surface area contributed by atoms with Crippen molar-refractivity contribution in [2.45, 2.75) is 6.92 Å². The molecule has 0 spiro atoms. The molecule has 0 aliphatic carbocycles. The number of aromatic nitrogens is 1. The van der Waals surface area contributed by atoms with E-state index >= 15 is 0 Å². The molecule has 0 amide bonds. The van der Waals surface area contributed by atoms with Crippen molar-refractivity contribution >= 4 is 12.0 Å². The van der Waals surface area contributed by atoms with E-state index in [1.807, 2.05) is 0 Å². The Balaban J connectivity index is 2.44. The van der Waals surface area contributed by atoms with Crippen molar-refractivity contribution in [1.29, 1.82) is 0 Å². The van der Waals surface area contributed by atoms with Gasteiger partial charge in [-0.05, 0) is 6.92 Å². The highest BCUT2D eigenvalue weighted by Gasteiger charge is 2.15. The van der Waals surface area contributed by atoms with E-state index in [-0.39, 0.29) is 12.3 Å². The van der Waals surface area contributed by atoms with Crippen molar-refractivity contribution < 1.29 is 23.8 Å². The predicted octanol–water partition coefficient (Wildman–Crippen LogP) is 0.296. The molecule has 0 aromatic carbocycles. The van der Waals surface area contributed by atoms with Gasteiger partial charge >= 0.3 is 5.97 Å². The van der Waals surface area contributed by atoms with Gasteiger partial charge in [0.25, 0.3) is 6.01 Å². The van der Waals surface area contributed by atoms with E-state index in [4.69, 9.17) is 19.0 Å². The summed E-state index contributed by atoms with van der Waals surface area (Å²) in [5.74, 6) is -0.502. The number of nitrogens with zero attached hydrogens (tertiary/aromatic N) is 2. The van der Waals surface area contributed by atoms with Gasteiger partial charge in [-0.3, -0.25) is 0 Å². The van der Waals surface area contributed by atoms with Gasteiger partial charge in [0.1, 0.15) is 6.26 Å². The number of carbonyl (C=O) groups is 1. The number of rotatable bonds is 8. The van der Waals surface area contributed by atoms with Crippen LogP contribution in [0.2, 0.25) is 0 Å². The quantitative estimate of drug-likeness (QED) is 0.530. The predicted molar refractivity (Wildman–Crippen MR) is 63.6 cm³/mol. The smallest absolute Gasteiger partial charge is 0.360 e. The summed E-state index contributed by atoms with van der Waals surface area (Å²) in [5.41, 5.74) is 0.148. The molecule has 0 radical (unpaired) electrons. The van der Waals surface area contributed by atoms with E-state index in [1.165, 1.54) is 6.26 Å². The zero-order valence-electron chi connectivity index (χ0n) is 10.6. The van der Waals surface area contributed by atoms with Gasteiger partial charge in [-0.15, -0.1) is 0 Å². The topological polar surface area (TPSA) is 85.0 Å². The van der Waals surface area contributed by atoms with Crippen molar-refractivity contribution in [3.63, 3.8) is 0 Å². The van der Waals surface area contributed by atoms with Gasteiger partial charge in [0.2, 0.25) is 0 Å². The molecule has 0 fully saturated rings. The molecule has 1 N–H and O–H groups in total. The third kappa shape index (κ3) is 4.34. The zero-order valence-corrected chi connectivity index (χ0v) is 10.6. The summed E-state index contributed by atoms with van der Waals surface area (Å²) in [6.45, 7) is 3.30. The Bertz CT molecular complexity index is 366. The zero-order chi connectivity index (χ0) is 13.4. The largest absolute Gasteiger partial charge is 0.461 e. The summed E-state index contributed by atoms with van der Waals surface area (Å²) in [5, 5.41) is 8.54. The van der Waals surface area contributed by atoms with Crippen molar-refractivity contribution in [3.05, 3.63) is 12.0 Å². The third-order valence-electron chi connectivity index (χ3n) is 2.11. The molecule has 0 saturated carbocycles. The van der Waals surface area contributed by atoms with Crippen LogP contribution in [0.4, 0.5) is 6.01 Å². The molecule has 1 aromatic heterocycles. The highest BCUT2D eigenvalue weighted by atomic mass is 16.5. The minimum absolute atomic E-state index is 0.00424. The maximum absolute atomic E-state index is 11.4. The molecule has 1 heterocycles. The first-order valence-electron chi connectivity index (χ1n) is 5.71. The van der Waals surface area contributed by atoms with Gasteiger partial charge in [0.15, 0.2) is 5.69 Å². The maximum atomic E-state index is 11.4. The van der Waals surface area contributed by atoms with E-state index in [1.54, 1.807) is 18.9 Å². The van der Waals surface area contributed by atoms with Crippen LogP contribution in [0.3, 0.4) is 0 Å². The van der Waals surface area contributed by atoms with Crippen LogP contribution in [-0.4, -0.2) is 56.1 Å². The van der Waals surface area contributed by atoms with E-state index in [0.717, 1.165) is 0 Å². The molecule has 0 aliphatic rings. The van der Waals surface area contributed by atoms with Crippen molar-refractivity contribution in [2.75, 3.05) is 44.9 Å². The number of oxazole rings is 1. The Kier molecular flexibility index (Phi) is 6.16. The van der Waals surface area contributed by atoms with E-state index in [2.05, 4.69) is 4.98 Å². The minimum atomic E-state index is -0.502. The molecule has 0 atom stereocenters.